The maximum absolute atomic E-state index is 12.9. The molecule has 2 aromatic rings. The number of carbonyl (C=O) groups is 1. The zero-order valence-corrected chi connectivity index (χ0v) is 16.0. The van der Waals surface area contributed by atoms with Crippen molar-refractivity contribution in [1.29, 1.82) is 0 Å². The van der Waals surface area contributed by atoms with Gasteiger partial charge in [0, 0.05) is 32.6 Å². The molecule has 0 saturated carbocycles. The predicted octanol–water partition coefficient (Wildman–Crippen LogP) is 3.92. The van der Waals surface area contributed by atoms with Crippen LogP contribution in [-0.2, 0) is 11.3 Å². The fourth-order valence-electron chi connectivity index (χ4n) is 4.22. The lowest BCUT2D eigenvalue weighted by Gasteiger charge is -2.38. The van der Waals surface area contributed by atoms with Gasteiger partial charge in [-0.2, -0.15) is 0 Å². The topological polar surface area (TPSA) is 26.8 Å². The van der Waals surface area contributed by atoms with Gasteiger partial charge in [0.25, 0.3) is 0 Å². The Kier molecular flexibility index (Phi) is 5.73. The summed E-state index contributed by atoms with van der Waals surface area (Å²) >= 11 is 0. The molecule has 4 heteroatoms. The minimum absolute atomic E-state index is 0.257. The number of para-hydroxylation sites is 2. The average Bonchev–Trinajstić information content (AvgIpc) is 2.74. The second-order valence-electron chi connectivity index (χ2n) is 7.59. The van der Waals surface area contributed by atoms with E-state index in [0.29, 0.717) is 6.42 Å². The summed E-state index contributed by atoms with van der Waals surface area (Å²) in [5.74, 6) is 0.257. The highest BCUT2D eigenvalue weighted by Gasteiger charge is 2.26. The lowest BCUT2D eigenvalue weighted by Crippen LogP contribution is -2.45. The molecule has 0 unspecified atom stereocenters. The summed E-state index contributed by atoms with van der Waals surface area (Å²) in [7, 11) is 0. The maximum atomic E-state index is 12.9. The fourth-order valence-corrected chi connectivity index (χ4v) is 4.22. The summed E-state index contributed by atoms with van der Waals surface area (Å²) in [5, 5.41) is 0. The molecule has 0 spiro atoms. The van der Waals surface area contributed by atoms with Crippen LogP contribution >= 0.6 is 0 Å². The third-order valence-electron chi connectivity index (χ3n) is 5.71. The van der Waals surface area contributed by atoms with Crippen molar-refractivity contribution in [2.75, 3.05) is 42.5 Å². The minimum atomic E-state index is 0.257. The molecule has 2 aliphatic rings. The van der Waals surface area contributed by atoms with Crippen molar-refractivity contribution in [2.24, 2.45) is 0 Å². The van der Waals surface area contributed by atoms with Crippen molar-refractivity contribution in [3.05, 3.63) is 60.2 Å². The number of hydrogen-bond donors (Lipinski definition) is 0. The minimum Gasteiger partial charge on any atom is -0.364 e. The Labute approximate surface area is 162 Å². The summed E-state index contributed by atoms with van der Waals surface area (Å²) in [5.41, 5.74) is 3.53. The van der Waals surface area contributed by atoms with Gasteiger partial charge in [0.05, 0.1) is 11.4 Å². The van der Waals surface area contributed by atoms with Gasteiger partial charge in [-0.25, -0.2) is 0 Å². The highest BCUT2D eigenvalue weighted by Crippen LogP contribution is 2.34. The molecule has 4 nitrogen and oxygen atoms in total. The number of benzene rings is 2. The van der Waals surface area contributed by atoms with Gasteiger partial charge < -0.3 is 14.7 Å². The molecule has 0 bridgehead atoms. The van der Waals surface area contributed by atoms with E-state index in [4.69, 9.17) is 0 Å². The van der Waals surface area contributed by atoms with Gasteiger partial charge in [-0.05, 0) is 43.6 Å². The van der Waals surface area contributed by atoms with Crippen molar-refractivity contribution in [3.8, 4) is 0 Å². The Morgan fingerprint density at radius 1 is 0.778 bits per heavy atom. The molecule has 1 saturated heterocycles. The van der Waals surface area contributed by atoms with Crippen molar-refractivity contribution in [1.82, 2.24) is 4.90 Å². The summed E-state index contributed by atoms with van der Waals surface area (Å²) in [4.78, 5) is 19.8. The van der Waals surface area contributed by atoms with Gasteiger partial charge in [-0.15, -0.1) is 0 Å². The summed E-state index contributed by atoms with van der Waals surface area (Å²) in [6.07, 6.45) is 4.50. The lowest BCUT2D eigenvalue weighted by molar-refractivity contribution is -0.119. The quantitative estimate of drug-likeness (QED) is 0.806. The van der Waals surface area contributed by atoms with Crippen LogP contribution < -0.4 is 9.80 Å². The highest BCUT2D eigenvalue weighted by molar-refractivity contribution is 5.98. The molecule has 0 radical (unpaired) electrons. The first-order valence-electron chi connectivity index (χ1n) is 10.2. The van der Waals surface area contributed by atoms with E-state index in [2.05, 4.69) is 58.3 Å². The normalized spacial score (nSPS) is 17.6. The van der Waals surface area contributed by atoms with Crippen LogP contribution in [0.25, 0.3) is 0 Å². The van der Waals surface area contributed by atoms with Gasteiger partial charge >= 0.3 is 0 Å². The third-order valence-corrected chi connectivity index (χ3v) is 5.71. The van der Waals surface area contributed by atoms with Crippen molar-refractivity contribution < 1.29 is 4.79 Å². The van der Waals surface area contributed by atoms with E-state index in [1.54, 1.807) is 0 Å². The number of carbonyl (C=O) groups excluding carboxylic acids is 1. The van der Waals surface area contributed by atoms with Crippen LogP contribution in [0.1, 0.15) is 31.2 Å². The van der Waals surface area contributed by atoms with E-state index in [-0.39, 0.29) is 5.91 Å². The molecule has 4 rings (SSSR count). The first-order chi connectivity index (χ1) is 13.3. The Balaban J connectivity index is 1.44. The molecule has 2 aromatic carbocycles. The Hall–Kier alpha value is -2.33. The largest absolute Gasteiger partial charge is 0.364 e. The molecule has 0 aliphatic carbocycles. The standard InChI is InChI=1S/C23H29N3O/c27-23(13-16-24-14-7-2-8-15-24)26-18-17-25(19-20-9-3-1-4-10-20)21-11-5-6-12-22(21)26/h1,3-6,9-12H,2,7-8,13-19H2. The number of nitrogens with zero attached hydrogens (tertiary/aromatic N) is 3. The van der Waals surface area contributed by atoms with Crippen LogP contribution in [0, 0.1) is 0 Å². The molecule has 142 valence electrons. The van der Waals surface area contributed by atoms with Crippen molar-refractivity contribution >= 4 is 17.3 Å². The van der Waals surface area contributed by atoms with Crippen molar-refractivity contribution in [3.63, 3.8) is 0 Å². The smallest absolute Gasteiger partial charge is 0.228 e. The molecule has 2 aliphatic heterocycles. The predicted molar refractivity (Wildman–Crippen MR) is 111 cm³/mol. The molecule has 1 amide bonds. The second-order valence-corrected chi connectivity index (χ2v) is 7.59. The maximum Gasteiger partial charge on any atom is 0.228 e. The SMILES string of the molecule is O=C(CCN1CCCCC1)N1CCN(Cc2ccccc2)c2ccccc21. The van der Waals surface area contributed by atoms with E-state index >= 15 is 0 Å². The first kappa shape index (κ1) is 18.1. The van der Waals surface area contributed by atoms with Crippen LogP contribution in [0.3, 0.4) is 0 Å². The van der Waals surface area contributed by atoms with Crippen molar-refractivity contribution in [2.45, 2.75) is 32.2 Å². The summed E-state index contributed by atoms with van der Waals surface area (Å²) in [6.45, 7) is 5.71. The number of rotatable bonds is 5. The number of amides is 1. The molecule has 2 heterocycles. The van der Waals surface area contributed by atoms with Crippen LogP contribution in [0.2, 0.25) is 0 Å². The lowest BCUT2D eigenvalue weighted by atomic mass is 10.1. The third kappa shape index (κ3) is 4.33. The van der Waals surface area contributed by atoms with E-state index in [1.807, 2.05) is 11.0 Å². The van der Waals surface area contributed by atoms with E-state index < -0.39 is 0 Å². The number of anilines is 2. The van der Waals surface area contributed by atoms with Gasteiger partial charge in [0.15, 0.2) is 0 Å². The number of likely N-dealkylation sites (tertiary alicyclic amines) is 1. The van der Waals surface area contributed by atoms with Crippen LogP contribution in [0.15, 0.2) is 54.6 Å². The van der Waals surface area contributed by atoms with Gasteiger partial charge in [-0.3, -0.25) is 4.79 Å². The second kappa shape index (κ2) is 8.57. The summed E-state index contributed by atoms with van der Waals surface area (Å²) < 4.78 is 0. The van der Waals surface area contributed by atoms with Crippen LogP contribution in [-0.4, -0.2) is 43.5 Å². The molecule has 0 aromatic heterocycles. The molecule has 27 heavy (non-hydrogen) atoms. The monoisotopic (exact) mass is 363 g/mol. The number of hydrogen-bond acceptors (Lipinski definition) is 3. The number of fused-ring (bicyclic) bond motifs is 1. The van der Waals surface area contributed by atoms with Crippen LogP contribution in [0.4, 0.5) is 11.4 Å². The van der Waals surface area contributed by atoms with Gasteiger partial charge in [-0.1, -0.05) is 48.9 Å². The van der Waals surface area contributed by atoms with E-state index in [9.17, 15) is 4.79 Å². The van der Waals surface area contributed by atoms with Gasteiger partial charge in [0.1, 0.15) is 0 Å². The molecule has 0 N–H and O–H groups in total. The van der Waals surface area contributed by atoms with Crippen LogP contribution in [0.5, 0.6) is 0 Å². The Bertz CT molecular complexity index is 755. The molecular weight excluding hydrogens is 334 g/mol. The molecule has 1 fully saturated rings. The summed E-state index contributed by atoms with van der Waals surface area (Å²) in [6, 6.07) is 18.9. The number of piperidine rings is 1. The Morgan fingerprint density at radius 3 is 2.26 bits per heavy atom. The fraction of sp³-hybridized carbons (Fsp3) is 0.435. The zero-order valence-electron chi connectivity index (χ0n) is 16.0. The average molecular weight is 364 g/mol. The van der Waals surface area contributed by atoms with E-state index in [0.717, 1.165) is 45.0 Å². The Morgan fingerprint density at radius 2 is 1.48 bits per heavy atom. The highest BCUT2D eigenvalue weighted by atomic mass is 16.2. The first-order valence-corrected chi connectivity index (χ1v) is 10.2. The van der Waals surface area contributed by atoms with Gasteiger partial charge in [0.2, 0.25) is 5.91 Å². The zero-order chi connectivity index (χ0) is 18.5. The molecular formula is C23H29N3O. The molecule has 0 atom stereocenters. The van der Waals surface area contributed by atoms with E-state index in [1.165, 1.54) is 30.5 Å².